The maximum absolute atomic E-state index is 6.27. The van der Waals surface area contributed by atoms with Crippen LogP contribution in [0.25, 0.3) is 33.1 Å². The summed E-state index contributed by atoms with van der Waals surface area (Å²) < 4.78 is 6.27. The highest BCUT2D eigenvalue weighted by molar-refractivity contribution is 6.09. The van der Waals surface area contributed by atoms with Gasteiger partial charge in [-0.25, -0.2) is 0 Å². The maximum atomic E-state index is 6.27. The first-order valence-corrected chi connectivity index (χ1v) is 9.89. The van der Waals surface area contributed by atoms with Gasteiger partial charge in [0.25, 0.3) is 0 Å². The Kier molecular flexibility index (Phi) is 4.21. The van der Waals surface area contributed by atoms with Gasteiger partial charge in [-0.1, -0.05) is 91.9 Å². The summed E-state index contributed by atoms with van der Waals surface area (Å²) in [5, 5.41) is 2.36. The zero-order chi connectivity index (χ0) is 18.9. The molecule has 0 atom stereocenters. The van der Waals surface area contributed by atoms with Gasteiger partial charge in [0.2, 0.25) is 0 Å². The Labute approximate surface area is 165 Å². The summed E-state index contributed by atoms with van der Waals surface area (Å²) in [7, 11) is 0. The lowest BCUT2D eigenvalue weighted by Gasteiger charge is -2.10. The molecule has 0 aliphatic carbocycles. The highest BCUT2D eigenvalue weighted by atomic mass is 16.3. The fourth-order valence-electron chi connectivity index (χ4n) is 4.03. The Morgan fingerprint density at radius 1 is 0.643 bits per heavy atom. The van der Waals surface area contributed by atoms with Crippen molar-refractivity contribution in [3.8, 4) is 11.1 Å². The van der Waals surface area contributed by atoms with E-state index < -0.39 is 0 Å². The predicted octanol–water partition coefficient (Wildman–Crippen LogP) is 7.41. The third-order valence-corrected chi connectivity index (χ3v) is 5.43. The van der Waals surface area contributed by atoms with Gasteiger partial charge >= 0.3 is 0 Å². The first-order valence-electron chi connectivity index (χ1n) is 9.89. The Hall–Kier alpha value is -3.32. The molecule has 1 heterocycles. The maximum Gasteiger partial charge on any atom is 0.143 e. The second-order valence-electron chi connectivity index (χ2n) is 7.33. The zero-order valence-electron chi connectivity index (χ0n) is 16.0. The van der Waals surface area contributed by atoms with Crippen LogP contribution in [0.1, 0.15) is 23.6 Å². The highest BCUT2D eigenvalue weighted by Gasteiger charge is 2.13. The number of furan rings is 1. The van der Waals surface area contributed by atoms with E-state index in [0.717, 1.165) is 24.0 Å². The van der Waals surface area contributed by atoms with Crippen LogP contribution >= 0.6 is 0 Å². The third kappa shape index (κ3) is 2.99. The van der Waals surface area contributed by atoms with Crippen LogP contribution in [0.2, 0.25) is 0 Å². The highest BCUT2D eigenvalue weighted by Crippen LogP contribution is 2.36. The molecule has 1 heteroatoms. The molecule has 28 heavy (non-hydrogen) atoms. The van der Waals surface area contributed by atoms with Crippen LogP contribution in [0.15, 0.2) is 95.4 Å². The van der Waals surface area contributed by atoms with E-state index >= 15 is 0 Å². The topological polar surface area (TPSA) is 13.1 Å². The van der Waals surface area contributed by atoms with Crippen LogP contribution in [0.3, 0.4) is 0 Å². The van der Waals surface area contributed by atoms with Crippen LogP contribution in [0, 0.1) is 0 Å². The minimum atomic E-state index is 0.942. The number of fused-ring (bicyclic) bond motifs is 3. The van der Waals surface area contributed by atoms with Gasteiger partial charge in [-0.05, 0) is 41.2 Å². The van der Waals surface area contributed by atoms with E-state index in [1.54, 1.807) is 0 Å². The molecule has 5 rings (SSSR count). The quantitative estimate of drug-likeness (QED) is 0.324. The van der Waals surface area contributed by atoms with Crippen molar-refractivity contribution in [2.45, 2.75) is 19.8 Å². The van der Waals surface area contributed by atoms with Gasteiger partial charge in [0.1, 0.15) is 11.2 Å². The average Bonchev–Trinajstić information content (AvgIpc) is 3.13. The van der Waals surface area contributed by atoms with Crippen molar-refractivity contribution in [2.24, 2.45) is 0 Å². The van der Waals surface area contributed by atoms with Gasteiger partial charge in [0.05, 0.1) is 0 Å². The van der Waals surface area contributed by atoms with E-state index in [9.17, 15) is 0 Å². The molecule has 0 unspecified atom stereocenters. The smallest absolute Gasteiger partial charge is 0.143 e. The van der Waals surface area contributed by atoms with E-state index in [4.69, 9.17) is 4.42 Å². The fourth-order valence-corrected chi connectivity index (χ4v) is 4.03. The predicted molar refractivity (Wildman–Crippen MR) is 118 cm³/mol. The van der Waals surface area contributed by atoms with Crippen molar-refractivity contribution in [1.29, 1.82) is 0 Å². The Morgan fingerprint density at radius 2 is 1.39 bits per heavy atom. The Bertz CT molecular complexity index is 1260. The van der Waals surface area contributed by atoms with Crippen molar-refractivity contribution in [3.05, 3.63) is 108 Å². The molecule has 5 aromatic rings. The largest absolute Gasteiger partial charge is 0.455 e. The van der Waals surface area contributed by atoms with Gasteiger partial charge in [-0.2, -0.15) is 0 Å². The number of aryl methyl sites for hydroxylation is 1. The SMILES string of the molecule is CCc1cc(Cc2ccccc2)cc(-c2cccc3c2oc2ccccc23)c1. The molecule has 0 N–H and O–H groups in total. The first kappa shape index (κ1) is 16.8. The minimum Gasteiger partial charge on any atom is -0.455 e. The summed E-state index contributed by atoms with van der Waals surface area (Å²) in [5.74, 6) is 0. The molecule has 0 spiro atoms. The third-order valence-electron chi connectivity index (χ3n) is 5.43. The Balaban J connectivity index is 1.67. The molecular weight excluding hydrogens is 340 g/mol. The molecule has 0 amide bonds. The fraction of sp³-hybridized carbons (Fsp3) is 0.111. The summed E-state index contributed by atoms with van der Waals surface area (Å²) in [6.07, 6.45) is 1.96. The number of hydrogen-bond acceptors (Lipinski definition) is 1. The molecule has 0 radical (unpaired) electrons. The standard InChI is InChI=1S/C27H22O/c1-2-19-15-21(16-20-9-4-3-5-10-20)18-22(17-19)23-12-8-13-25-24-11-6-7-14-26(24)28-27(23)25/h3-15,17-18H,2,16H2,1H3. The van der Waals surface area contributed by atoms with Gasteiger partial charge in [0.15, 0.2) is 0 Å². The first-order chi connectivity index (χ1) is 13.8. The van der Waals surface area contributed by atoms with Crippen LogP contribution < -0.4 is 0 Å². The summed E-state index contributed by atoms with van der Waals surface area (Å²) in [6, 6.07) is 32.3. The molecule has 0 saturated carbocycles. The number of hydrogen-bond donors (Lipinski definition) is 0. The number of rotatable bonds is 4. The normalized spacial score (nSPS) is 11.3. The molecule has 0 aliphatic rings. The lowest BCUT2D eigenvalue weighted by molar-refractivity contribution is 0.670. The molecule has 0 aliphatic heterocycles. The van der Waals surface area contributed by atoms with Gasteiger partial charge in [0, 0.05) is 16.3 Å². The minimum absolute atomic E-state index is 0.942. The second-order valence-corrected chi connectivity index (χ2v) is 7.33. The molecular formula is C27H22O. The Morgan fingerprint density at radius 3 is 2.25 bits per heavy atom. The van der Waals surface area contributed by atoms with Gasteiger partial charge in [-0.15, -0.1) is 0 Å². The number of para-hydroxylation sites is 2. The van der Waals surface area contributed by atoms with E-state index in [1.165, 1.54) is 38.6 Å². The molecule has 1 aromatic heterocycles. The van der Waals surface area contributed by atoms with Crippen molar-refractivity contribution in [1.82, 2.24) is 0 Å². The van der Waals surface area contributed by atoms with Gasteiger partial charge in [-0.3, -0.25) is 0 Å². The van der Waals surface area contributed by atoms with Crippen molar-refractivity contribution in [3.63, 3.8) is 0 Å². The molecule has 4 aromatic carbocycles. The summed E-state index contributed by atoms with van der Waals surface area (Å²) in [6.45, 7) is 2.22. The van der Waals surface area contributed by atoms with Crippen molar-refractivity contribution in [2.75, 3.05) is 0 Å². The van der Waals surface area contributed by atoms with Gasteiger partial charge < -0.3 is 4.42 Å². The molecule has 0 saturated heterocycles. The van der Waals surface area contributed by atoms with Crippen molar-refractivity contribution >= 4 is 21.9 Å². The summed E-state index contributed by atoms with van der Waals surface area (Å²) in [4.78, 5) is 0. The lowest BCUT2D eigenvalue weighted by atomic mass is 9.94. The molecule has 0 bridgehead atoms. The second kappa shape index (κ2) is 7.01. The van der Waals surface area contributed by atoms with E-state index in [-0.39, 0.29) is 0 Å². The molecule has 136 valence electrons. The van der Waals surface area contributed by atoms with E-state index in [0.29, 0.717) is 0 Å². The van der Waals surface area contributed by atoms with E-state index in [1.807, 2.05) is 12.1 Å². The van der Waals surface area contributed by atoms with Crippen LogP contribution in [0.5, 0.6) is 0 Å². The zero-order valence-corrected chi connectivity index (χ0v) is 16.0. The van der Waals surface area contributed by atoms with E-state index in [2.05, 4.69) is 85.8 Å². The summed E-state index contributed by atoms with van der Waals surface area (Å²) in [5.41, 5.74) is 8.35. The van der Waals surface area contributed by atoms with Crippen LogP contribution in [-0.4, -0.2) is 0 Å². The number of benzene rings is 4. The lowest BCUT2D eigenvalue weighted by Crippen LogP contribution is -1.92. The molecule has 1 nitrogen and oxygen atoms in total. The summed E-state index contributed by atoms with van der Waals surface area (Å²) >= 11 is 0. The molecule has 0 fully saturated rings. The van der Waals surface area contributed by atoms with Crippen molar-refractivity contribution < 1.29 is 4.42 Å². The monoisotopic (exact) mass is 362 g/mol. The van der Waals surface area contributed by atoms with Crippen LogP contribution in [-0.2, 0) is 12.8 Å². The van der Waals surface area contributed by atoms with Crippen LogP contribution in [0.4, 0.5) is 0 Å². The average molecular weight is 362 g/mol.